The first-order chi connectivity index (χ1) is 12.8. The van der Waals surface area contributed by atoms with Crippen molar-refractivity contribution in [3.8, 4) is 5.69 Å². The van der Waals surface area contributed by atoms with Gasteiger partial charge >= 0.3 is 0 Å². The lowest BCUT2D eigenvalue weighted by atomic mass is 10.1. The van der Waals surface area contributed by atoms with Gasteiger partial charge in [-0.25, -0.2) is 26.2 Å². The maximum absolute atomic E-state index is 12.6. The summed E-state index contributed by atoms with van der Waals surface area (Å²) in [6.07, 6.45) is 1.83. The summed E-state index contributed by atoms with van der Waals surface area (Å²) in [7, 11) is -7.42. The zero-order chi connectivity index (χ0) is 21.3. The van der Waals surface area contributed by atoms with Gasteiger partial charge in [0.1, 0.15) is 10.7 Å². The molecular formula is C16H22Cl2N4O4S2. The fourth-order valence-corrected chi connectivity index (χ4v) is 4.85. The predicted octanol–water partition coefficient (Wildman–Crippen LogP) is 3.18. The predicted molar refractivity (Wildman–Crippen MR) is 111 cm³/mol. The number of hydrogen-bond donors (Lipinski definition) is 2. The summed E-state index contributed by atoms with van der Waals surface area (Å²) < 4.78 is 54.4. The number of rotatable bonds is 8. The highest BCUT2D eigenvalue weighted by Gasteiger charge is 2.22. The molecule has 8 nitrogen and oxygen atoms in total. The molecule has 156 valence electrons. The molecule has 1 aromatic heterocycles. The van der Waals surface area contributed by atoms with Crippen molar-refractivity contribution in [2.45, 2.75) is 32.1 Å². The van der Waals surface area contributed by atoms with E-state index in [0.717, 1.165) is 12.7 Å². The number of nitrogens with zero attached hydrogens (tertiary/aromatic N) is 2. The summed E-state index contributed by atoms with van der Waals surface area (Å²) in [6, 6.07) is 4.07. The highest BCUT2D eigenvalue weighted by molar-refractivity contribution is 7.92. The second-order valence-electron chi connectivity index (χ2n) is 6.56. The molecule has 0 saturated heterocycles. The number of aromatic nitrogens is 2. The van der Waals surface area contributed by atoms with Gasteiger partial charge in [0, 0.05) is 12.6 Å². The van der Waals surface area contributed by atoms with Crippen LogP contribution in [0.15, 0.2) is 23.1 Å². The van der Waals surface area contributed by atoms with Crippen LogP contribution in [0.4, 0.5) is 5.82 Å². The largest absolute Gasteiger partial charge is 0.267 e. The zero-order valence-electron chi connectivity index (χ0n) is 15.8. The molecule has 12 heteroatoms. The fraction of sp³-hybridized carbons (Fsp3) is 0.438. The van der Waals surface area contributed by atoms with E-state index < -0.39 is 20.0 Å². The maximum Gasteiger partial charge on any atom is 0.242 e. The second kappa shape index (κ2) is 8.58. The molecule has 0 fully saturated rings. The molecule has 28 heavy (non-hydrogen) atoms. The molecule has 0 saturated carbocycles. The third-order valence-electron chi connectivity index (χ3n) is 3.96. The summed E-state index contributed by atoms with van der Waals surface area (Å²) in [5, 5.41) is 4.20. The van der Waals surface area contributed by atoms with E-state index in [1.807, 2.05) is 13.8 Å². The van der Waals surface area contributed by atoms with Crippen LogP contribution in [-0.4, -0.2) is 39.4 Å². The number of benzene rings is 1. The van der Waals surface area contributed by atoms with E-state index in [1.54, 1.807) is 6.92 Å². The average Bonchev–Trinajstić information content (AvgIpc) is 2.92. The van der Waals surface area contributed by atoms with Gasteiger partial charge in [0.05, 0.1) is 27.7 Å². The van der Waals surface area contributed by atoms with Crippen molar-refractivity contribution in [1.29, 1.82) is 0 Å². The molecule has 0 aliphatic heterocycles. The third-order valence-corrected chi connectivity index (χ3v) is 6.73. The minimum absolute atomic E-state index is 0.0490. The Labute approximate surface area is 175 Å². The van der Waals surface area contributed by atoms with Gasteiger partial charge in [-0.05, 0) is 25.0 Å². The number of anilines is 1. The SMILES string of the molecule is CCC(C)CNS(=O)(=O)c1cc(Cl)c(-n2nc(C)cc2NS(C)(=O)=O)cc1Cl. The van der Waals surface area contributed by atoms with Gasteiger partial charge in [-0.2, -0.15) is 5.10 Å². The molecule has 0 spiro atoms. The molecule has 1 unspecified atom stereocenters. The Morgan fingerprint density at radius 1 is 1.14 bits per heavy atom. The lowest BCUT2D eigenvalue weighted by Crippen LogP contribution is -2.28. The van der Waals surface area contributed by atoms with Crippen LogP contribution in [-0.2, 0) is 20.0 Å². The average molecular weight is 469 g/mol. The second-order valence-corrected chi connectivity index (χ2v) is 10.9. The van der Waals surface area contributed by atoms with E-state index in [9.17, 15) is 16.8 Å². The van der Waals surface area contributed by atoms with Crippen LogP contribution in [0.5, 0.6) is 0 Å². The molecular weight excluding hydrogens is 447 g/mol. The number of nitrogens with one attached hydrogen (secondary N) is 2. The number of halogens is 2. The first-order valence-corrected chi connectivity index (χ1v) is 12.5. The third kappa shape index (κ3) is 5.60. The molecule has 2 N–H and O–H groups in total. The summed E-state index contributed by atoms with van der Waals surface area (Å²) in [5.41, 5.74) is 0.775. The first-order valence-electron chi connectivity index (χ1n) is 8.37. The van der Waals surface area contributed by atoms with Crippen LogP contribution in [0.2, 0.25) is 10.0 Å². The topological polar surface area (TPSA) is 110 Å². The molecule has 0 radical (unpaired) electrons. The van der Waals surface area contributed by atoms with Gasteiger partial charge in [-0.15, -0.1) is 0 Å². The van der Waals surface area contributed by atoms with Gasteiger partial charge in [0.15, 0.2) is 0 Å². The quantitative estimate of drug-likeness (QED) is 0.617. The van der Waals surface area contributed by atoms with E-state index in [4.69, 9.17) is 23.2 Å². The van der Waals surface area contributed by atoms with Crippen molar-refractivity contribution < 1.29 is 16.8 Å². The van der Waals surface area contributed by atoms with Crippen LogP contribution >= 0.6 is 23.2 Å². The molecule has 0 aliphatic carbocycles. The Bertz CT molecular complexity index is 1080. The summed E-state index contributed by atoms with van der Waals surface area (Å²) in [6.45, 7) is 5.84. The van der Waals surface area contributed by atoms with Crippen molar-refractivity contribution in [3.63, 3.8) is 0 Å². The standard InChI is InChI=1S/C16H22Cl2N4O4S2/c1-5-10(2)9-19-28(25,26)15-8-12(17)14(7-13(15)18)22-16(6-11(3)20-22)21-27(4,23)24/h6-8,10,19,21H,5,9H2,1-4H3. The van der Waals surface area contributed by atoms with Gasteiger partial charge in [0.25, 0.3) is 0 Å². The van der Waals surface area contributed by atoms with Gasteiger partial charge < -0.3 is 0 Å². The minimum atomic E-state index is -3.86. The minimum Gasteiger partial charge on any atom is -0.267 e. The molecule has 1 heterocycles. The first kappa shape index (κ1) is 23.0. The zero-order valence-corrected chi connectivity index (χ0v) is 19.0. The lowest BCUT2D eigenvalue weighted by Gasteiger charge is -2.15. The monoisotopic (exact) mass is 468 g/mol. The van der Waals surface area contributed by atoms with Crippen LogP contribution < -0.4 is 9.44 Å². The van der Waals surface area contributed by atoms with Crippen molar-refractivity contribution in [1.82, 2.24) is 14.5 Å². The van der Waals surface area contributed by atoms with Crippen LogP contribution in [0.25, 0.3) is 5.69 Å². The summed E-state index contributed by atoms with van der Waals surface area (Å²) >= 11 is 12.5. The smallest absolute Gasteiger partial charge is 0.242 e. The maximum atomic E-state index is 12.6. The van der Waals surface area contributed by atoms with Crippen molar-refractivity contribution in [2.24, 2.45) is 5.92 Å². The van der Waals surface area contributed by atoms with E-state index in [0.29, 0.717) is 5.69 Å². The molecule has 0 aliphatic rings. The number of hydrogen-bond acceptors (Lipinski definition) is 5. The van der Waals surface area contributed by atoms with Crippen molar-refractivity contribution in [3.05, 3.63) is 33.9 Å². The molecule has 0 amide bonds. The lowest BCUT2D eigenvalue weighted by molar-refractivity contribution is 0.528. The Kier molecular flexibility index (Phi) is 7.03. The molecule has 1 atom stereocenters. The van der Waals surface area contributed by atoms with E-state index in [1.165, 1.54) is 22.9 Å². The normalized spacial score (nSPS) is 13.5. The van der Waals surface area contributed by atoms with Gasteiger partial charge in [-0.3, -0.25) is 4.72 Å². The molecule has 0 bridgehead atoms. The highest BCUT2D eigenvalue weighted by Crippen LogP contribution is 2.32. The Balaban J connectivity index is 2.48. The molecule has 1 aromatic carbocycles. The summed E-state index contributed by atoms with van der Waals surface area (Å²) in [5.74, 6) is 0.323. The van der Waals surface area contributed by atoms with Crippen LogP contribution in [0.1, 0.15) is 26.0 Å². The molecule has 2 rings (SSSR count). The van der Waals surface area contributed by atoms with Crippen molar-refractivity contribution in [2.75, 3.05) is 17.5 Å². The molecule has 2 aromatic rings. The van der Waals surface area contributed by atoms with Crippen LogP contribution in [0, 0.1) is 12.8 Å². The van der Waals surface area contributed by atoms with E-state index in [2.05, 4.69) is 14.5 Å². The van der Waals surface area contributed by atoms with E-state index >= 15 is 0 Å². The van der Waals surface area contributed by atoms with E-state index in [-0.39, 0.29) is 38.9 Å². The van der Waals surface area contributed by atoms with Crippen molar-refractivity contribution >= 4 is 49.1 Å². The fourth-order valence-electron chi connectivity index (χ4n) is 2.31. The van der Waals surface area contributed by atoms with Gasteiger partial charge in [0.2, 0.25) is 20.0 Å². The van der Waals surface area contributed by atoms with Gasteiger partial charge in [-0.1, -0.05) is 43.5 Å². The van der Waals surface area contributed by atoms with Crippen LogP contribution in [0.3, 0.4) is 0 Å². The Hall–Kier alpha value is -1.33. The Morgan fingerprint density at radius 2 is 1.79 bits per heavy atom. The Morgan fingerprint density at radius 3 is 2.36 bits per heavy atom. The highest BCUT2D eigenvalue weighted by atomic mass is 35.5. The number of sulfonamides is 2. The summed E-state index contributed by atoms with van der Waals surface area (Å²) in [4.78, 5) is -0.160. The number of aryl methyl sites for hydroxylation is 1.